The van der Waals surface area contributed by atoms with E-state index in [0.717, 1.165) is 0 Å². The Kier molecular flexibility index (Phi) is 6.98. The third kappa shape index (κ3) is 4.48. The number of oxime groups is 1. The lowest BCUT2D eigenvalue weighted by atomic mass is 9.75. The number of ketones is 1. The molecule has 1 N–H and O–H groups in total. The molecule has 0 saturated heterocycles. The summed E-state index contributed by atoms with van der Waals surface area (Å²) in [5.74, 6) is -1.89. The highest BCUT2D eigenvalue weighted by Gasteiger charge is 2.44. The summed E-state index contributed by atoms with van der Waals surface area (Å²) in [6, 6.07) is 3.45. The van der Waals surface area contributed by atoms with E-state index in [9.17, 15) is 14.7 Å². The van der Waals surface area contributed by atoms with Gasteiger partial charge >= 0.3 is 5.97 Å². The van der Waals surface area contributed by atoms with Gasteiger partial charge in [-0.3, -0.25) is 9.59 Å². The molecule has 0 aliphatic heterocycles. The maximum atomic E-state index is 12.8. The fourth-order valence-electron chi connectivity index (χ4n) is 3.16. The van der Waals surface area contributed by atoms with E-state index in [1.165, 1.54) is 13.2 Å². The van der Waals surface area contributed by atoms with Gasteiger partial charge in [0.2, 0.25) is 0 Å². The third-order valence-corrected chi connectivity index (χ3v) is 4.36. The lowest BCUT2D eigenvalue weighted by molar-refractivity contribution is -0.146. The Morgan fingerprint density at radius 1 is 1.48 bits per heavy atom. The SMILES string of the molecule is C=CCO/N=C(\CCC)C1=C(O)C(C(=O)OC)C(c2ccc(C)o2)CC1=O. The van der Waals surface area contributed by atoms with Crippen LogP contribution in [-0.2, 0) is 19.2 Å². The minimum atomic E-state index is -1.05. The number of nitrogens with zero attached hydrogens (tertiary/aromatic N) is 1. The van der Waals surface area contributed by atoms with Crippen molar-refractivity contribution >= 4 is 17.5 Å². The number of furan rings is 1. The number of hydrogen-bond acceptors (Lipinski definition) is 7. The standard InChI is InChI=1S/C20H25NO6/c1-5-7-14(21-26-10-6-2)18-15(22)11-13(16-9-8-12(3)27-16)17(19(18)23)20(24)25-4/h6,8-9,13,17,23H,2,5,7,10-11H2,1,3-4H3/b21-14+. The number of carbonyl (C=O) groups excluding carboxylic acids is 2. The molecule has 0 radical (unpaired) electrons. The molecule has 1 aromatic rings. The molecule has 0 fully saturated rings. The van der Waals surface area contributed by atoms with Crippen LogP contribution in [0.25, 0.3) is 0 Å². The van der Waals surface area contributed by atoms with Gasteiger partial charge in [0.05, 0.1) is 18.4 Å². The summed E-state index contributed by atoms with van der Waals surface area (Å²) in [6.07, 6.45) is 2.62. The van der Waals surface area contributed by atoms with Crippen LogP contribution in [0.2, 0.25) is 0 Å². The van der Waals surface area contributed by atoms with Crippen LogP contribution in [-0.4, -0.2) is 36.3 Å². The molecule has 0 aromatic carbocycles. The second-order valence-electron chi connectivity index (χ2n) is 6.32. The normalized spacial score (nSPS) is 20.6. The molecule has 0 amide bonds. The van der Waals surface area contributed by atoms with Gasteiger partial charge in [-0.05, 0) is 25.5 Å². The first-order valence-electron chi connectivity index (χ1n) is 8.85. The van der Waals surface area contributed by atoms with Crippen molar-refractivity contribution in [1.29, 1.82) is 0 Å². The summed E-state index contributed by atoms with van der Waals surface area (Å²) in [5.41, 5.74) is 0.334. The maximum Gasteiger partial charge on any atom is 0.317 e. The second-order valence-corrected chi connectivity index (χ2v) is 6.32. The van der Waals surface area contributed by atoms with Crippen LogP contribution in [0.5, 0.6) is 0 Å². The lowest BCUT2D eigenvalue weighted by Gasteiger charge is -2.29. The third-order valence-electron chi connectivity index (χ3n) is 4.36. The van der Waals surface area contributed by atoms with Crippen molar-refractivity contribution in [3.8, 4) is 0 Å². The number of esters is 1. The van der Waals surface area contributed by atoms with E-state index < -0.39 is 17.8 Å². The predicted octanol–water partition coefficient (Wildman–Crippen LogP) is 3.60. The van der Waals surface area contributed by atoms with Gasteiger partial charge < -0.3 is 19.1 Å². The molecule has 7 nitrogen and oxygen atoms in total. The molecule has 27 heavy (non-hydrogen) atoms. The molecule has 1 aromatic heterocycles. The highest BCUT2D eigenvalue weighted by molar-refractivity contribution is 6.23. The predicted molar refractivity (Wildman–Crippen MR) is 99.5 cm³/mol. The molecule has 1 heterocycles. The van der Waals surface area contributed by atoms with Crippen LogP contribution in [0.4, 0.5) is 0 Å². The Bertz CT molecular complexity index is 773. The topological polar surface area (TPSA) is 98.3 Å². The van der Waals surface area contributed by atoms with Crippen molar-refractivity contribution in [1.82, 2.24) is 0 Å². The van der Waals surface area contributed by atoms with Crippen molar-refractivity contribution in [3.63, 3.8) is 0 Å². The Balaban J connectivity index is 2.52. The van der Waals surface area contributed by atoms with Crippen LogP contribution in [0.1, 0.15) is 43.6 Å². The first-order valence-corrected chi connectivity index (χ1v) is 8.85. The molecule has 2 unspecified atom stereocenters. The smallest absolute Gasteiger partial charge is 0.317 e. The van der Waals surface area contributed by atoms with E-state index in [0.29, 0.717) is 30.1 Å². The summed E-state index contributed by atoms with van der Waals surface area (Å²) in [6.45, 7) is 7.40. The van der Waals surface area contributed by atoms with Gasteiger partial charge in [-0.15, -0.1) is 0 Å². The summed E-state index contributed by atoms with van der Waals surface area (Å²) in [5, 5.41) is 14.8. The number of hydrogen-bond donors (Lipinski definition) is 1. The molecule has 0 spiro atoms. The molecule has 2 atom stereocenters. The monoisotopic (exact) mass is 375 g/mol. The number of ether oxygens (including phenoxy) is 1. The summed E-state index contributed by atoms with van der Waals surface area (Å²) < 4.78 is 10.5. The van der Waals surface area contributed by atoms with Crippen molar-refractivity contribution in [2.75, 3.05) is 13.7 Å². The van der Waals surface area contributed by atoms with Crippen molar-refractivity contribution in [2.24, 2.45) is 11.1 Å². The minimum absolute atomic E-state index is 0.00366. The van der Waals surface area contributed by atoms with Gasteiger partial charge in [0.25, 0.3) is 0 Å². The number of aliphatic hydroxyl groups excluding tert-OH is 1. The van der Waals surface area contributed by atoms with E-state index in [-0.39, 0.29) is 30.1 Å². The number of aryl methyl sites for hydroxylation is 1. The van der Waals surface area contributed by atoms with E-state index in [1.807, 2.05) is 6.92 Å². The van der Waals surface area contributed by atoms with Gasteiger partial charge in [-0.1, -0.05) is 31.2 Å². The highest BCUT2D eigenvalue weighted by Crippen LogP contribution is 2.40. The molecule has 0 bridgehead atoms. The fraction of sp³-hybridized carbons (Fsp3) is 0.450. The van der Waals surface area contributed by atoms with E-state index in [1.54, 1.807) is 19.1 Å². The zero-order valence-electron chi connectivity index (χ0n) is 15.9. The molecule has 146 valence electrons. The van der Waals surface area contributed by atoms with Crippen LogP contribution in [0.15, 0.2) is 45.7 Å². The van der Waals surface area contributed by atoms with Crippen LogP contribution in [0, 0.1) is 12.8 Å². The Morgan fingerprint density at radius 2 is 2.22 bits per heavy atom. The van der Waals surface area contributed by atoms with Gasteiger partial charge in [0, 0.05) is 12.3 Å². The Hall–Kier alpha value is -2.83. The molecular formula is C20H25NO6. The molecular weight excluding hydrogens is 350 g/mol. The fourth-order valence-corrected chi connectivity index (χ4v) is 3.16. The van der Waals surface area contributed by atoms with Crippen LogP contribution < -0.4 is 0 Å². The summed E-state index contributed by atoms with van der Waals surface area (Å²) >= 11 is 0. The average Bonchev–Trinajstić information content (AvgIpc) is 3.07. The van der Waals surface area contributed by atoms with Gasteiger partial charge in [0.1, 0.15) is 29.8 Å². The number of methoxy groups -OCH3 is 1. The maximum absolute atomic E-state index is 12.8. The Morgan fingerprint density at radius 3 is 2.78 bits per heavy atom. The van der Waals surface area contributed by atoms with Gasteiger partial charge in [-0.2, -0.15) is 0 Å². The van der Waals surface area contributed by atoms with E-state index >= 15 is 0 Å². The summed E-state index contributed by atoms with van der Waals surface area (Å²) in [4.78, 5) is 30.4. The van der Waals surface area contributed by atoms with Gasteiger partial charge in [0.15, 0.2) is 5.78 Å². The lowest BCUT2D eigenvalue weighted by Crippen LogP contribution is -2.35. The number of aliphatic hydroxyl groups is 1. The number of carbonyl (C=O) groups is 2. The first kappa shape index (κ1) is 20.5. The molecule has 1 aliphatic rings. The average molecular weight is 375 g/mol. The first-order chi connectivity index (χ1) is 12.9. The number of Topliss-reactive ketones (excluding diaryl/α,β-unsaturated/α-hetero) is 1. The zero-order valence-corrected chi connectivity index (χ0v) is 15.9. The van der Waals surface area contributed by atoms with E-state index in [4.69, 9.17) is 14.0 Å². The molecule has 0 saturated carbocycles. The van der Waals surface area contributed by atoms with Crippen molar-refractivity contribution in [2.45, 2.75) is 39.0 Å². The minimum Gasteiger partial charge on any atom is -0.511 e. The molecule has 1 aliphatic carbocycles. The summed E-state index contributed by atoms with van der Waals surface area (Å²) in [7, 11) is 1.24. The number of allylic oxidation sites excluding steroid dienone is 1. The zero-order chi connectivity index (χ0) is 20.0. The van der Waals surface area contributed by atoms with Crippen molar-refractivity contribution < 1.29 is 28.7 Å². The highest BCUT2D eigenvalue weighted by atomic mass is 16.6. The second kappa shape index (κ2) is 9.21. The van der Waals surface area contributed by atoms with Crippen molar-refractivity contribution in [3.05, 3.63) is 47.6 Å². The largest absolute Gasteiger partial charge is 0.511 e. The van der Waals surface area contributed by atoms with Crippen LogP contribution in [0.3, 0.4) is 0 Å². The van der Waals surface area contributed by atoms with Gasteiger partial charge in [-0.25, -0.2) is 0 Å². The quantitative estimate of drug-likeness (QED) is 0.245. The molecule has 2 rings (SSSR count). The van der Waals surface area contributed by atoms with Crippen LogP contribution >= 0.6 is 0 Å². The molecule has 7 heteroatoms. The Labute approximate surface area is 158 Å². The van der Waals surface area contributed by atoms with E-state index in [2.05, 4.69) is 11.7 Å². The number of rotatable bonds is 8.